The minimum atomic E-state index is -0.602. The number of anilines is 3. The lowest BCUT2D eigenvalue weighted by molar-refractivity contribution is 0.751. The van der Waals surface area contributed by atoms with Gasteiger partial charge >= 0.3 is 0 Å². The Labute approximate surface area is 401 Å². The highest BCUT2D eigenvalue weighted by molar-refractivity contribution is 6.11. The second kappa shape index (κ2) is 15.5. The molecule has 12 aromatic rings. The van der Waals surface area contributed by atoms with E-state index < -0.39 is 5.41 Å². The number of para-hydroxylation sites is 3. The number of rotatable bonds is 6. The second-order valence-corrected chi connectivity index (χ2v) is 18.3. The van der Waals surface area contributed by atoms with Gasteiger partial charge in [0.1, 0.15) is 5.82 Å². The van der Waals surface area contributed by atoms with E-state index in [-0.39, 0.29) is 0 Å². The molecular weight excluding hydrogens is 835 g/mol. The zero-order valence-corrected chi connectivity index (χ0v) is 37.7. The Bertz CT molecular complexity index is 3860. The number of benzene rings is 10. The molecule has 0 fully saturated rings. The van der Waals surface area contributed by atoms with Crippen LogP contribution in [0.3, 0.4) is 0 Å². The summed E-state index contributed by atoms with van der Waals surface area (Å²) in [4.78, 5) is 7.92. The summed E-state index contributed by atoms with van der Waals surface area (Å²) in [6.45, 7) is 0. The third-order valence-electron chi connectivity index (χ3n) is 14.6. The topological polar surface area (TPSA) is 21.1 Å². The fourth-order valence-corrected chi connectivity index (χ4v) is 11.6. The van der Waals surface area contributed by atoms with Gasteiger partial charge in [0.15, 0.2) is 0 Å². The Hall–Kier alpha value is -9.05. The van der Waals surface area contributed by atoms with Crippen molar-refractivity contribution >= 4 is 39.0 Å². The largest absolute Gasteiger partial charge is 0.309 e. The lowest BCUT2D eigenvalue weighted by Crippen LogP contribution is -2.36. The molecule has 0 saturated heterocycles. The number of fused-ring (bicyclic) bond motifs is 12. The van der Waals surface area contributed by atoms with Gasteiger partial charge in [-0.25, -0.2) is 4.98 Å². The number of aromatic nitrogens is 2. The summed E-state index contributed by atoms with van der Waals surface area (Å²) in [5, 5.41) is 2.47. The van der Waals surface area contributed by atoms with Crippen molar-refractivity contribution in [3.63, 3.8) is 0 Å². The molecule has 3 nitrogen and oxygen atoms in total. The average Bonchev–Trinajstić information content (AvgIpc) is 3.92. The molecule has 1 aliphatic carbocycles. The Kier molecular flexibility index (Phi) is 8.80. The molecule has 2 aliphatic rings. The Morgan fingerprint density at radius 3 is 1.58 bits per heavy atom. The standard InChI is InChI=1S/C66H43N3/c1-4-19-44(20-5-1)47-25-18-26-51(39-47)68-61-32-15-11-28-54(61)55-40-48(36-38-62(55)68)49-35-37-53-52-27-10-12-29-56(52)66(59(53)41-49)57-30-13-16-33-63(57)69(64-34-17-14-31-58(64)66)65-43-50(45-21-6-2-7-22-45)42-60(67-65)46-23-8-3-9-24-46/h1-43H. The van der Waals surface area contributed by atoms with Crippen LogP contribution in [-0.4, -0.2) is 9.55 Å². The van der Waals surface area contributed by atoms with Crippen LogP contribution in [0.1, 0.15) is 22.3 Å². The van der Waals surface area contributed by atoms with Crippen molar-refractivity contribution in [3.05, 3.63) is 283 Å². The van der Waals surface area contributed by atoms with Crippen LogP contribution in [0.5, 0.6) is 0 Å². The Balaban J connectivity index is 0.964. The third kappa shape index (κ3) is 5.97. The van der Waals surface area contributed by atoms with Crippen LogP contribution >= 0.6 is 0 Å². The van der Waals surface area contributed by atoms with Gasteiger partial charge in [-0.15, -0.1) is 0 Å². The first-order chi connectivity index (χ1) is 34.2. The zero-order valence-electron chi connectivity index (χ0n) is 37.7. The Morgan fingerprint density at radius 1 is 0.304 bits per heavy atom. The maximum Gasteiger partial charge on any atom is 0.138 e. The van der Waals surface area contributed by atoms with E-state index in [1.807, 2.05) is 0 Å². The molecule has 0 radical (unpaired) electrons. The van der Waals surface area contributed by atoms with E-state index in [1.54, 1.807) is 0 Å². The maximum atomic E-state index is 5.52. The fraction of sp³-hybridized carbons (Fsp3) is 0.0152. The number of pyridine rings is 1. The first-order valence-corrected chi connectivity index (χ1v) is 23.8. The monoisotopic (exact) mass is 877 g/mol. The minimum Gasteiger partial charge on any atom is -0.309 e. The molecule has 1 spiro atoms. The zero-order chi connectivity index (χ0) is 45.5. The average molecular weight is 878 g/mol. The highest BCUT2D eigenvalue weighted by Gasteiger charge is 2.52. The second-order valence-electron chi connectivity index (χ2n) is 18.3. The van der Waals surface area contributed by atoms with Crippen molar-refractivity contribution in [1.82, 2.24) is 9.55 Å². The van der Waals surface area contributed by atoms with Gasteiger partial charge in [0.25, 0.3) is 0 Å². The number of nitrogens with zero attached hydrogens (tertiary/aromatic N) is 3. The molecule has 1 aliphatic heterocycles. The summed E-state index contributed by atoms with van der Waals surface area (Å²) < 4.78 is 2.42. The molecule has 69 heavy (non-hydrogen) atoms. The van der Waals surface area contributed by atoms with Crippen molar-refractivity contribution in [3.8, 4) is 61.5 Å². The third-order valence-corrected chi connectivity index (χ3v) is 14.6. The molecule has 0 N–H and O–H groups in total. The molecule has 3 heteroatoms. The van der Waals surface area contributed by atoms with Crippen LogP contribution in [0.4, 0.5) is 17.2 Å². The van der Waals surface area contributed by atoms with Crippen LogP contribution in [0.15, 0.2) is 261 Å². The van der Waals surface area contributed by atoms with Gasteiger partial charge in [0.2, 0.25) is 0 Å². The molecule has 14 rings (SSSR count). The van der Waals surface area contributed by atoms with Gasteiger partial charge in [-0.2, -0.15) is 0 Å². The predicted octanol–water partition coefficient (Wildman–Crippen LogP) is 17.0. The van der Waals surface area contributed by atoms with Crippen molar-refractivity contribution in [2.45, 2.75) is 5.41 Å². The summed E-state index contributed by atoms with van der Waals surface area (Å²) >= 11 is 0. The maximum absolute atomic E-state index is 5.52. The minimum absolute atomic E-state index is 0.602. The van der Waals surface area contributed by atoms with Gasteiger partial charge < -0.3 is 4.57 Å². The van der Waals surface area contributed by atoms with Crippen molar-refractivity contribution in [1.29, 1.82) is 0 Å². The first-order valence-electron chi connectivity index (χ1n) is 23.8. The van der Waals surface area contributed by atoms with Crippen molar-refractivity contribution in [2.75, 3.05) is 4.90 Å². The van der Waals surface area contributed by atoms with Crippen LogP contribution in [0.25, 0.3) is 83.3 Å². The normalized spacial score (nSPS) is 13.0. The molecule has 322 valence electrons. The molecule has 0 unspecified atom stereocenters. The van der Waals surface area contributed by atoms with Crippen molar-refractivity contribution < 1.29 is 0 Å². The van der Waals surface area contributed by atoms with E-state index in [0.29, 0.717) is 0 Å². The SMILES string of the molecule is c1ccc(-c2cccc(-n3c4ccccc4c4cc(-c5ccc6c(c5)C5(c7ccccc7-6)c6ccccc6N(c6cc(-c7ccccc7)cc(-c7ccccc7)n6)c6ccccc65)ccc43)c2)cc1. The van der Waals surface area contributed by atoms with Gasteiger partial charge in [-0.05, 0) is 127 Å². The molecule has 3 heterocycles. The molecule has 0 saturated carbocycles. The predicted molar refractivity (Wildman–Crippen MR) is 286 cm³/mol. The molecular formula is C66H43N3. The van der Waals surface area contributed by atoms with E-state index in [0.717, 1.165) is 45.3 Å². The molecule has 0 bridgehead atoms. The summed E-state index contributed by atoms with van der Waals surface area (Å²) in [5.41, 5.74) is 21.8. The molecule has 2 aromatic heterocycles. The van der Waals surface area contributed by atoms with E-state index in [4.69, 9.17) is 4.98 Å². The highest BCUT2D eigenvalue weighted by atomic mass is 15.2. The van der Waals surface area contributed by atoms with E-state index in [2.05, 4.69) is 270 Å². The summed E-state index contributed by atoms with van der Waals surface area (Å²) in [6, 6.07) is 95.4. The number of hydrogen-bond donors (Lipinski definition) is 0. The fourth-order valence-electron chi connectivity index (χ4n) is 11.6. The quantitative estimate of drug-likeness (QED) is 0.166. The van der Waals surface area contributed by atoms with E-state index in [9.17, 15) is 0 Å². The summed E-state index contributed by atoms with van der Waals surface area (Å²) in [5.74, 6) is 0.879. The van der Waals surface area contributed by atoms with Crippen LogP contribution < -0.4 is 4.90 Å². The van der Waals surface area contributed by atoms with Gasteiger partial charge in [-0.3, -0.25) is 4.90 Å². The van der Waals surface area contributed by atoms with Crippen molar-refractivity contribution in [2.24, 2.45) is 0 Å². The van der Waals surface area contributed by atoms with Crippen LogP contribution in [0, 0.1) is 0 Å². The lowest BCUT2D eigenvalue weighted by atomic mass is 9.64. The smallest absolute Gasteiger partial charge is 0.138 e. The van der Waals surface area contributed by atoms with E-state index in [1.165, 1.54) is 77.4 Å². The molecule has 10 aromatic carbocycles. The van der Waals surface area contributed by atoms with Gasteiger partial charge in [-0.1, -0.05) is 200 Å². The van der Waals surface area contributed by atoms with Crippen LogP contribution in [-0.2, 0) is 5.41 Å². The lowest BCUT2D eigenvalue weighted by Gasteiger charge is -2.44. The number of hydrogen-bond acceptors (Lipinski definition) is 2. The van der Waals surface area contributed by atoms with Crippen LogP contribution in [0.2, 0.25) is 0 Å². The Morgan fingerprint density at radius 2 is 0.841 bits per heavy atom. The summed E-state index contributed by atoms with van der Waals surface area (Å²) in [6.07, 6.45) is 0. The first kappa shape index (κ1) is 39.1. The van der Waals surface area contributed by atoms with E-state index >= 15 is 0 Å². The van der Waals surface area contributed by atoms with Gasteiger partial charge in [0.05, 0.1) is 33.5 Å². The molecule has 0 atom stereocenters. The molecule has 0 amide bonds. The summed E-state index contributed by atoms with van der Waals surface area (Å²) in [7, 11) is 0. The van der Waals surface area contributed by atoms with Gasteiger partial charge in [0, 0.05) is 22.0 Å². The highest BCUT2D eigenvalue weighted by Crippen LogP contribution is 2.63.